The summed E-state index contributed by atoms with van der Waals surface area (Å²) in [4.78, 5) is 22.0. The van der Waals surface area contributed by atoms with Crippen molar-refractivity contribution in [1.82, 2.24) is 45.1 Å². The Morgan fingerprint density at radius 1 is 1.24 bits per heavy atom. The third-order valence-electron chi connectivity index (χ3n) is 4.03. The van der Waals surface area contributed by atoms with E-state index >= 15 is 0 Å². The van der Waals surface area contributed by atoms with Gasteiger partial charge in [-0.1, -0.05) is 0 Å². The number of carbonyl (C=O) groups is 1. The zero-order chi connectivity index (χ0) is 20.2. The van der Waals surface area contributed by atoms with Gasteiger partial charge in [-0.2, -0.15) is 9.90 Å². The molecular weight excluding hydrogens is 374 g/mol. The summed E-state index contributed by atoms with van der Waals surface area (Å²) < 4.78 is 1.58. The maximum absolute atomic E-state index is 12.1. The number of anilines is 2. The molecule has 4 rings (SSSR count). The number of carbonyl (C=O) groups excluding carboxylic acids is 1. The average molecular weight is 393 g/mol. The molecule has 29 heavy (non-hydrogen) atoms. The number of amides is 2. The molecule has 0 atom stereocenters. The van der Waals surface area contributed by atoms with Crippen LogP contribution in [0.25, 0.3) is 16.9 Å². The van der Waals surface area contributed by atoms with Gasteiger partial charge in [0.25, 0.3) is 0 Å². The van der Waals surface area contributed by atoms with Crippen molar-refractivity contribution >= 4 is 23.2 Å². The van der Waals surface area contributed by atoms with Crippen molar-refractivity contribution in [2.75, 3.05) is 17.6 Å². The van der Waals surface area contributed by atoms with Gasteiger partial charge in [0.15, 0.2) is 17.3 Å². The van der Waals surface area contributed by atoms with E-state index in [0.29, 0.717) is 48.2 Å². The first-order valence-corrected chi connectivity index (χ1v) is 8.99. The average Bonchev–Trinajstić information content (AvgIpc) is 3.33. The van der Waals surface area contributed by atoms with Gasteiger partial charge in [0, 0.05) is 30.9 Å². The number of aromatic nitrogens is 8. The number of nitrogens with zero attached hydrogens (tertiary/aromatic N) is 8. The van der Waals surface area contributed by atoms with E-state index < -0.39 is 0 Å². The Labute approximate surface area is 165 Å². The zero-order valence-electron chi connectivity index (χ0n) is 15.6. The summed E-state index contributed by atoms with van der Waals surface area (Å²) in [5.41, 5.74) is 8.42. The molecule has 0 aliphatic carbocycles. The Morgan fingerprint density at radius 2 is 2.14 bits per heavy atom. The van der Waals surface area contributed by atoms with Gasteiger partial charge < -0.3 is 11.1 Å². The molecule has 12 nitrogen and oxygen atoms in total. The molecule has 4 aromatic heterocycles. The Hall–Kier alpha value is -4.09. The number of nitrogens with one attached hydrogen (secondary N) is 2. The lowest BCUT2D eigenvalue weighted by Gasteiger charge is -2.03. The largest absolute Gasteiger partial charge is 0.397 e. The van der Waals surface area contributed by atoms with Crippen LogP contribution in [-0.2, 0) is 13.0 Å². The number of fused-ring (bicyclic) bond motifs is 1. The number of aryl methyl sites for hydroxylation is 1. The van der Waals surface area contributed by atoms with Crippen LogP contribution in [0.4, 0.5) is 16.3 Å². The predicted octanol–water partition coefficient (Wildman–Crippen LogP) is 0.744. The highest BCUT2D eigenvalue weighted by Crippen LogP contribution is 2.19. The molecular formula is C17H19N11O. The van der Waals surface area contributed by atoms with E-state index in [-0.39, 0.29) is 6.03 Å². The van der Waals surface area contributed by atoms with Crippen molar-refractivity contribution < 1.29 is 4.79 Å². The number of tetrazole rings is 1. The van der Waals surface area contributed by atoms with Gasteiger partial charge in [0.05, 0.1) is 24.1 Å². The highest BCUT2D eigenvalue weighted by molar-refractivity contribution is 5.88. The molecule has 4 heterocycles. The van der Waals surface area contributed by atoms with Gasteiger partial charge in [0.1, 0.15) is 0 Å². The van der Waals surface area contributed by atoms with Crippen molar-refractivity contribution in [2.45, 2.75) is 19.9 Å². The maximum Gasteiger partial charge on any atom is 0.320 e. The van der Waals surface area contributed by atoms with Crippen LogP contribution >= 0.6 is 0 Å². The molecule has 2 amide bonds. The summed E-state index contributed by atoms with van der Waals surface area (Å²) in [6.07, 6.45) is 5.37. The normalized spacial score (nSPS) is 10.9. The third-order valence-corrected chi connectivity index (χ3v) is 4.03. The maximum atomic E-state index is 12.1. The molecule has 0 aliphatic heterocycles. The van der Waals surface area contributed by atoms with E-state index in [0.717, 1.165) is 5.56 Å². The van der Waals surface area contributed by atoms with Gasteiger partial charge >= 0.3 is 6.03 Å². The minimum Gasteiger partial charge on any atom is -0.397 e. The number of urea groups is 1. The molecule has 4 aromatic rings. The van der Waals surface area contributed by atoms with Crippen LogP contribution in [0.1, 0.15) is 12.7 Å². The van der Waals surface area contributed by atoms with Crippen molar-refractivity contribution in [3.05, 3.63) is 42.6 Å². The molecule has 0 aromatic carbocycles. The number of hydrogen-bond acceptors (Lipinski definition) is 8. The predicted molar refractivity (Wildman–Crippen MR) is 105 cm³/mol. The van der Waals surface area contributed by atoms with Crippen molar-refractivity contribution in [2.24, 2.45) is 0 Å². The fourth-order valence-corrected chi connectivity index (χ4v) is 2.65. The number of imidazole rings is 1. The molecule has 12 heteroatoms. The minimum absolute atomic E-state index is 0.374. The Balaban J connectivity index is 1.38. The zero-order valence-corrected chi connectivity index (χ0v) is 15.6. The number of rotatable bonds is 6. The number of hydrogen-bond donors (Lipinski definition) is 3. The van der Waals surface area contributed by atoms with E-state index in [2.05, 4.69) is 41.1 Å². The molecule has 0 saturated heterocycles. The molecule has 148 valence electrons. The van der Waals surface area contributed by atoms with Crippen molar-refractivity contribution in [3.63, 3.8) is 0 Å². The topological polar surface area (TPSA) is 154 Å². The van der Waals surface area contributed by atoms with Crippen molar-refractivity contribution in [1.29, 1.82) is 0 Å². The fraction of sp³-hybridized carbons (Fsp3) is 0.235. The van der Waals surface area contributed by atoms with Gasteiger partial charge in [-0.25, -0.2) is 14.3 Å². The first kappa shape index (κ1) is 18.3. The second-order valence-electron chi connectivity index (χ2n) is 6.18. The van der Waals surface area contributed by atoms with E-state index in [9.17, 15) is 4.79 Å². The quantitative estimate of drug-likeness (QED) is 0.433. The SMILES string of the molecule is CCn1nnc(CCNC(=O)Nc2cn3nc(-c4cncc(N)c4)ccc3n2)n1. The number of nitrogen functional groups attached to an aromatic ring is 1. The van der Waals surface area contributed by atoms with Crippen LogP contribution in [0.3, 0.4) is 0 Å². The smallest absolute Gasteiger partial charge is 0.320 e. The minimum atomic E-state index is -0.378. The second kappa shape index (κ2) is 7.88. The summed E-state index contributed by atoms with van der Waals surface area (Å²) in [7, 11) is 0. The van der Waals surface area contributed by atoms with E-state index in [1.54, 1.807) is 35.2 Å². The lowest BCUT2D eigenvalue weighted by atomic mass is 10.2. The standard InChI is InChI=1S/C17H19N11O/c1-2-28-25-14(23-26-28)5-6-20-17(29)22-15-10-27-16(21-15)4-3-13(24-27)11-7-12(18)9-19-8-11/h3-4,7-10H,2,5-6,18H2,1H3,(H2,20,22,29). The van der Waals surface area contributed by atoms with Gasteiger partial charge in [-0.15, -0.1) is 10.2 Å². The Kier molecular flexibility index (Phi) is 4.97. The van der Waals surface area contributed by atoms with Crippen LogP contribution in [0.2, 0.25) is 0 Å². The van der Waals surface area contributed by atoms with Crippen LogP contribution < -0.4 is 16.4 Å². The Morgan fingerprint density at radius 3 is 2.93 bits per heavy atom. The van der Waals surface area contributed by atoms with Crippen LogP contribution in [0.15, 0.2) is 36.8 Å². The monoisotopic (exact) mass is 393 g/mol. The molecule has 0 radical (unpaired) electrons. The van der Waals surface area contributed by atoms with Gasteiger partial charge in [-0.3, -0.25) is 10.3 Å². The molecule has 0 bridgehead atoms. The molecule has 0 spiro atoms. The van der Waals surface area contributed by atoms with E-state index in [4.69, 9.17) is 5.73 Å². The summed E-state index contributed by atoms with van der Waals surface area (Å²) in [6.45, 7) is 2.95. The van der Waals surface area contributed by atoms with E-state index in [1.165, 1.54) is 4.80 Å². The summed E-state index contributed by atoms with van der Waals surface area (Å²) in [6, 6.07) is 5.03. The summed E-state index contributed by atoms with van der Waals surface area (Å²) in [5, 5.41) is 21.9. The highest BCUT2D eigenvalue weighted by atomic mass is 16.2. The van der Waals surface area contributed by atoms with Gasteiger partial charge in [0.2, 0.25) is 0 Å². The molecule has 0 aliphatic rings. The number of pyridine rings is 1. The number of nitrogens with two attached hydrogens (primary N) is 1. The first-order chi connectivity index (χ1) is 14.1. The molecule has 4 N–H and O–H groups in total. The fourth-order valence-electron chi connectivity index (χ4n) is 2.65. The highest BCUT2D eigenvalue weighted by Gasteiger charge is 2.09. The van der Waals surface area contributed by atoms with E-state index in [1.807, 2.05) is 13.0 Å². The van der Waals surface area contributed by atoms with Crippen LogP contribution in [0, 0.1) is 0 Å². The molecule has 0 saturated carbocycles. The summed E-state index contributed by atoms with van der Waals surface area (Å²) >= 11 is 0. The molecule has 0 unspecified atom stereocenters. The summed E-state index contributed by atoms with van der Waals surface area (Å²) in [5.74, 6) is 0.959. The Bertz CT molecular complexity index is 1150. The second-order valence-corrected chi connectivity index (χ2v) is 6.18. The van der Waals surface area contributed by atoms with Gasteiger partial charge in [-0.05, 0) is 30.3 Å². The third kappa shape index (κ3) is 4.26. The van der Waals surface area contributed by atoms with Crippen molar-refractivity contribution in [3.8, 4) is 11.3 Å². The van der Waals surface area contributed by atoms with Crippen LogP contribution in [-0.4, -0.2) is 52.4 Å². The lowest BCUT2D eigenvalue weighted by Crippen LogP contribution is -2.30. The first-order valence-electron chi connectivity index (χ1n) is 8.99. The van der Waals surface area contributed by atoms with Crippen LogP contribution in [0.5, 0.6) is 0 Å². The molecule has 0 fully saturated rings. The lowest BCUT2D eigenvalue weighted by molar-refractivity contribution is 0.252.